The van der Waals surface area contributed by atoms with Crippen molar-refractivity contribution in [3.63, 3.8) is 0 Å². The number of carbonyl (C=O) groups is 1. The summed E-state index contributed by atoms with van der Waals surface area (Å²) in [5.74, 6) is 1.28. The number of rotatable bonds is 5. The number of amides is 1. The van der Waals surface area contributed by atoms with Crippen molar-refractivity contribution in [3.8, 4) is 0 Å². The summed E-state index contributed by atoms with van der Waals surface area (Å²) in [4.78, 5) is 11.9. The van der Waals surface area contributed by atoms with E-state index < -0.39 is 0 Å². The van der Waals surface area contributed by atoms with Crippen molar-refractivity contribution in [1.82, 2.24) is 10.6 Å². The van der Waals surface area contributed by atoms with Crippen LogP contribution in [0.2, 0.25) is 0 Å². The van der Waals surface area contributed by atoms with Crippen LogP contribution in [0.25, 0.3) is 0 Å². The topological polar surface area (TPSA) is 41.1 Å². The molecule has 2 unspecified atom stereocenters. The molecule has 0 bridgehead atoms. The van der Waals surface area contributed by atoms with Crippen LogP contribution in [-0.4, -0.2) is 19.0 Å². The first-order valence-electron chi connectivity index (χ1n) is 7.27. The highest BCUT2D eigenvalue weighted by Gasteiger charge is 2.21. The number of nitrogens with one attached hydrogen (secondary N) is 2. The molecule has 1 aromatic carbocycles. The predicted molar refractivity (Wildman–Crippen MR) is 77.7 cm³/mol. The van der Waals surface area contributed by atoms with Gasteiger partial charge in [-0.05, 0) is 43.3 Å². The Balaban J connectivity index is 1.71. The zero-order valence-electron chi connectivity index (χ0n) is 11.7. The van der Waals surface area contributed by atoms with E-state index in [0.29, 0.717) is 24.8 Å². The first kappa shape index (κ1) is 14.1. The number of hydrogen-bond donors (Lipinski definition) is 2. The lowest BCUT2D eigenvalue weighted by Crippen LogP contribution is -2.35. The Morgan fingerprint density at radius 3 is 2.89 bits per heavy atom. The molecule has 104 valence electrons. The van der Waals surface area contributed by atoms with Gasteiger partial charge in [-0.1, -0.05) is 37.3 Å². The van der Waals surface area contributed by atoms with Gasteiger partial charge in [0.25, 0.3) is 0 Å². The largest absolute Gasteiger partial charge is 0.352 e. The number of piperidine rings is 1. The quantitative estimate of drug-likeness (QED) is 0.853. The zero-order valence-corrected chi connectivity index (χ0v) is 11.7. The average molecular weight is 260 g/mol. The fourth-order valence-corrected chi connectivity index (χ4v) is 2.69. The Hall–Kier alpha value is -1.35. The number of hydrogen-bond acceptors (Lipinski definition) is 2. The lowest BCUT2D eigenvalue weighted by molar-refractivity contribution is -0.122. The van der Waals surface area contributed by atoms with Crippen LogP contribution in [-0.2, 0) is 11.3 Å². The summed E-state index contributed by atoms with van der Waals surface area (Å²) in [6.07, 6.45) is 3.12. The van der Waals surface area contributed by atoms with E-state index in [-0.39, 0.29) is 5.91 Å². The maximum absolute atomic E-state index is 11.9. The summed E-state index contributed by atoms with van der Waals surface area (Å²) >= 11 is 0. The average Bonchev–Trinajstić information content (AvgIpc) is 2.47. The van der Waals surface area contributed by atoms with Crippen molar-refractivity contribution < 1.29 is 4.79 Å². The smallest absolute Gasteiger partial charge is 0.220 e. The van der Waals surface area contributed by atoms with Gasteiger partial charge in [-0.2, -0.15) is 0 Å². The molecule has 1 fully saturated rings. The van der Waals surface area contributed by atoms with Crippen LogP contribution in [0.15, 0.2) is 30.3 Å². The van der Waals surface area contributed by atoms with Crippen LogP contribution in [0, 0.1) is 11.8 Å². The van der Waals surface area contributed by atoms with E-state index in [2.05, 4.69) is 17.6 Å². The Labute approximate surface area is 115 Å². The van der Waals surface area contributed by atoms with Gasteiger partial charge in [0, 0.05) is 13.0 Å². The molecule has 0 aliphatic carbocycles. The predicted octanol–water partition coefficient (Wildman–Crippen LogP) is 2.33. The van der Waals surface area contributed by atoms with Gasteiger partial charge in [-0.3, -0.25) is 4.79 Å². The van der Waals surface area contributed by atoms with Crippen LogP contribution in [0.3, 0.4) is 0 Å². The molecule has 0 aromatic heterocycles. The lowest BCUT2D eigenvalue weighted by atomic mass is 9.85. The Morgan fingerprint density at radius 1 is 1.42 bits per heavy atom. The van der Waals surface area contributed by atoms with Crippen molar-refractivity contribution in [1.29, 1.82) is 0 Å². The molecule has 2 N–H and O–H groups in total. The monoisotopic (exact) mass is 260 g/mol. The van der Waals surface area contributed by atoms with Crippen LogP contribution >= 0.6 is 0 Å². The molecule has 1 saturated heterocycles. The third-order valence-corrected chi connectivity index (χ3v) is 3.98. The van der Waals surface area contributed by atoms with Crippen LogP contribution in [0.5, 0.6) is 0 Å². The summed E-state index contributed by atoms with van der Waals surface area (Å²) in [6.45, 7) is 5.02. The fourth-order valence-electron chi connectivity index (χ4n) is 2.69. The lowest BCUT2D eigenvalue weighted by Gasteiger charge is -2.28. The third kappa shape index (κ3) is 4.67. The van der Waals surface area contributed by atoms with Gasteiger partial charge in [0.15, 0.2) is 0 Å². The van der Waals surface area contributed by atoms with Crippen LogP contribution < -0.4 is 10.6 Å². The van der Waals surface area contributed by atoms with Gasteiger partial charge < -0.3 is 10.6 Å². The van der Waals surface area contributed by atoms with Gasteiger partial charge in [-0.25, -0.2) is 0 Å². The summed E-state index contributed by atoms with van der Waals surface area (Å²) in [6, 6.07) is 10.1. The molecule has 1 aromatic rings. The van der Waals surface area contributed by atoms with E-state index in [4.69, 9.17) is 0 Å². The molecule has 19 heavy (non-hydrogen) atoms. The second kappa shape index (κ2) is 7.29. The van der Waals surface area contributed by atoms with Crippen LogP contribution in [0.1, 0.15) is 31.7 Å². The molecule has 3 heteroatoms. The second-order valence-electron chi connectivity index (χ2n) is 5.55. The van der Waals surface area contributed by atoms with Gasteiger partial charge in [0.2, 0.25) is 5.91 Å². The summed E-state index contributed by atoms with van der Waals surface area (Å²) in [7, 11) is 0. The molecule has 0 radical (unpaired) electrons. The van der Waals surface area contributed by atoms with Crippen molar-refractivity contribution in [2.45, 2.75) is 32.7 Å². The molecule has 0 spiro atoms. The molecule has 2 atom stereocenters. The molecule has 1 aliphatic rings. The third-order valence-electron chi connectivity index (χ3n) is 3.98. The van der Waals surface area contributed by atoms with Crippen molar-refractivity contribution in [2.75, 3.05) is 13.1 Å². The van der Waals surface area contributed by atoms with Gasteiger partial charge in [0.05, 0.1) is 0 Å². The molecule has 1 amide bonds. The fraction of sp³-hybridized carbons (Fsp3) is 0.562. The van der Waals surface area contributed by atoms with E-state index in [1.165, 1.54) is 12.8 Å². The SMILES string of the molecule is CC(CC(=O)NCc1ccccc1)C1CCCNC1. The summed E-state index contributed by atoms with van der Waals surface area (Å²) in [5, 5.41) is 6.42. The van der Waals surface area contributed by atoms with E-state index >= 15 is 0 Å². The maximum Gasteiger partial charge on any atom is 0.220 e. The molecule has 2 rings (SSSR count). The van der Waals surface area contributed by atoms with Crippen molar-refractivity contribution >= 4 is 5.91 Å². The highest BCUT2D eigenvalue weighted by molar-refractivity contribution is 5.76. The molecule has 1 aliphatic heterocycles. The normalized spacial score (nSPS) is 20.8. The second-order valence-corrected chi connectivity index (χ2v) is 5.55. The molecule has 0 saturated carbocycles. The van der Waals surface area contributed by atoms with Crippen molar-refractivity contribution in [2.24, 2.45) is 11.8 Å². The van der Waals surface area contributed by atoms with Crippen LogP contribution in [0.4, 0.5) is 0 Å². The minimum absolute atomic E-state index is 0.168. The van der Waals surface area contributed by atoms with E-state index in [9.17, 15) is 4.79 Å². The van der Waals surface area contributed by atoms with Gasteiger partial charge in [0.1, 0.15) is 0 Å². The van der Waals surface area contributed by atoms with E-state index in [0.717, 1.165) is 18.7 Å². The summed E-state index contributed by atoms with van der Waals surface area (Å²) < 4.78 is 0. The standard InChI is InChI=1S/C16H24N2O/c1-13(15-8-5-9-17-12-15)10-16(19)18-11-14-6-3-2-4-7-14/h2-4,6-7,13,15,17H,5,8-12H2,1H3,(H,18,19). The molecular weight excluding hydrogens is 236 g/mol. The number of carbonyl (C=O) groups excluding carboxylic acids is 1. The van der Waals surface area contributed by atoms with E-state index in [1.54, 1.807) is 0 Å². The molecule has 3 nitrogen and oxygen atoms in total. The first-order valence-corrected chi connectivity index (χ1v) is 7.27. The summed E-state index contributed by atoms with van der Waals surface area (Å²) in [5.41, 5.74) is 1.16. The van der Waals surface area contributed by atoms with Gasteiger partial charge in [-0.15, -0.1) is 0 Å². The highest BCUT2D eigenvalue weighted by Crippen LogP contribution is 2.22. The Bertz CT molecular complexity index is 385. The Kier molecular flexibility index (Phi) is 5.40. The number of benzene rings is 1. The van der Waals surface area contributed by atoms with Crippen molar-refractivity contribution in [3.05, 3.63) is 35.9 Å². The molecule has 1 heterocycles. The molecular formula is C16H24N2O. The Morgan fingerprint density at radius 2 is 2.21 bits per heavy atom. The minimum atomic E-state index is 0.168. The van der Waals surface area contributed by atoms with Gasteiger partial charge >= 0.3 is 0 Å². The maximum atomic E-state index is 11.9. The first-order chi connectivity index (χ1) is 9.25. The highest BCUT2D eigenvalue weighted by atomic mass is 16.1. The minimum Gasteiger partial charge on any atom is -0.352 e. The zero-order chi connectivity index (χ0) is 13.5. The van der Waals surface area contributed by atoms with E-state index in [1.807, 2.05) is 30.3 Å².